The Kier molecular flexibility index (Phi) is 4.80. The van der Waals surface area contributed by atoms with Gasteiger partial charge in [0.2, 0.25) is 0 Å². The van der Waals surface area contributed by atoms with Crippen LogP contribution in [0.4, 0.5) is 13.2 Å². The summed E-state index contributed by atoms with van der Waals surface area (Å²) in [6, 6.07) is 3.13. The molecule has 1 atom stereocenters. The number of rotatable bonds is 4. The van der Waals surface area contributed by atoms with E-state index in [0.717, 1.165) is 18.5 Å². The highest BCUT2D eigenvalue weighted by atomic mass is 35.5. The Labute approximate surface area is 145 Å². The van der Waals surface area contributed by atoms with E-state index in [9.17, 15) is 13.2 Å². The SMILES string of the molecule is CC(/C(=C/n1cncn1)c1ccc(F)cc1F)c1ncnc(Cl)c1F. The average Bonchev–Trinajstić information content (AvgIpc) is 3.08. The van der Waals surface area contributed by atoms with Gasteiger partial charge in [0.25, 0.3) is 0 Å². The van der Waals surface area contributed by atoms with E-state index in [2.05, 4.69) is 20.1 Å². The highest BCUT2D eigenvalue weighted by Gasteiger charge is 2.23. The highest BCUT2D eigenvalue weighted by Crippen LogP contribution is 2.35. The molecule has 3 rings (SSSR count). The summed E-state index contributed by atoms with van der Waals surface area (Å²) in [7, 11) is 0. The standard InChI is InChI=1S/C16H11ClF3N5/c1-9(15-14(20)16(17)23-7-22-15)12(5-25-8-21-6-24-25)11-3-2-10(18)4-13(11)19/h2-9H,1H3/b12-5-. The number of halogens is 4. The van der Waals surface area contributed by atoms with Crippen molar-refractivity contribution >= 4 is 23.4 Å². The van der Waals surface area contributed by atoms with Crippen molar-refractivity contribution in [3.05, 3.63) is 71.0 Å². The maximum atomic E-state index is 14.3. The lowest BCUT2D eigenvalue weighted by Gasteiger charge is -2.17. The summed E-state index contributed by atoms with van der Waals surface area (Å²) in [5.41, 5.74) is 0.380. The fraction of sp³-hybridized carbons (Fsp3) is 0.125. The molecule has 0 radical (unpaired) electrons. The predicted molar refractivity (Wildman–Crippen MR) is 86.0 cm³/mol. The van der Waals surface area contributed by atoms with Crippen LogP contribution < -0.4 is 0 Å². The topological polar surface area (TPSA) is 56.5 Å². The van der Waals surface area contributed by atoms with E-state index in [1.807, 2.05) is 0 Å². The molecule has 0 spiro atoms. The molecular weight excluding hydrogens is 355 g/mol. The number of benzene rings is 1. The van der Waals surface area contributed by atoms with Gasteiger partial charge in [-0.25, -0.2) is 32.8 Å². The molecule has 1 unspecified atom stereocenters. The van der Waals surface area contributed by atoms with E-state index in [1.54, 1.807) is 6.92 Å². The molecule has 0 aliphatic rings. The summed E-state index contributed by atoms with van der Waals surface area (Å²) in [6.07, 6.45) is 5.26. The second-order valence-corrected chi connectivity index (χ2v) is 5.53. The van der Waals surface area contributed by atoms with Crippen LogP contribution in [0.3, 0.4) is 0 Å². The number of aromatic nitrogens is 5. The van der Waals surface area contributed by atoms with Crippen molar-refractivity contribution in [2.75, 3.05) is 0 Å². The van der Waals surface area contributed by atoms with Crippen molar-refractivity contribution in [3.8, 4) is 0 Å². The van der Waals surface area contributed by atoms with Gasteiger partial charge in [0.1, 0.15) is 30.6 Å². The van der Waals surface area contributed by atoms with E-state index in [0.29, 0.717) is 5.57 Å². The first-order valence-electron chi connectivity index (χ1n) is 7.14. The van der Waals surface area contributed by atoms with Crippen LogP contribution in [-0.4, -0.2) is 24.7 Å². The Morgan fingerprint density at radius 3 is 2.68 bits per heavy atom. The first-order chi connectivity index (χ1) is 12.0. The zero-order valence-electron chi connectivity index (χ0n) is 12.9. The van der Waals surface area contributed by atoms with Crippen molar-refractivity contribution in [1.82, 2.24) is 24.7 Å². The molecule has 0 bridgehead atoms. The normalized spacial score (nSPS) is 13.1. The first-order valence-corrected chi connectivity index (χ1v) is 7.52. The molecule has 25 heavy (non-hydrogen) atoms. The van der Waals surface area contributed by atoms with Gasteiger partial charge >= 0.3 is 0 Å². The van der Waals surface area contributed by atoms with Gasteiger partial charge in [-0.1, -0.05) is 18.5 Å². The van der Waals surface area contributed by atoms with Crippen molar-refractivity contribution in [2.24, 2.45) is 0 Å². The van der Waals surface area contributed by atoms with Crippen LogP contribution in [0.1, 0.15) is 24.1 Å². The van der Waals surface area contributed by atoms with Crippen molar-refractivity contribution in [2.45, 2.75) is 12.8 Å². The first kappa shape index (κ1) is 17.1. The minimum absolute atomic E-state index is 0.0184. The molecule has 128 valence electrons. The van der Waals surface area contributed by atoms with Gasteiger partial charge in [-0.05, 0) is 17.7 Å². The third kappa shape index (κ3) is 3.53. The van der Waals surface area contributed by atoms with Crippen LogP contribution >= 0.6 is 11.6 Å². The molecule has 0 N–H and O–H groups in total. The molecule has 0 saturated carbocycles. The molecule has 0 aliphatic carbocycles. The largest absolute Gasteiger partial charge is 0.238 e. The fourth-order valence-electron chi connectivity index (χ4n) is 2.37. The molecule has 3 aromatic rings. The fourth-order valence-corrected chi connectivity index (χ4v) is 2.52. The molecule has 0 fully saturated rings. The summed E-state index contributed by atoms with van der Waals surface area (Å²) in [6.45, 7) is 1.62. The zero-order chi connectivity index (χ0) is 18.0. The van der Waals surface area contributed by atoms with E-state index in [1.165, 1.54) is 29.6 Å². The monoisotopic (exact) mass is 365 g/mol. The molecule has 1 aromatic carbocycles. The Morgan fingerprint density at radius 2 is 2.00 bits per heavy atom. The summed E-state index contributed by atoms with van der Waals surface area (Å²) in [5, 5.41) is 3.59. The second-order valence-electron chi connectivity index (χ2n) is 5.17. The van der Waals surface area contributed by atoms with Crippen LogP contribution in [0.15, 0.2) is 37.2 Å². The van der Waals surface area contributed by atoms with Gasteiger partial charge in [-0.15, -0.1) is 0 Å². The van der Waals surface area contributed by atoms with Crippen LogP contribution in [0.2, 0.25) is 5.15 Å². The van der Waals surface area contributed by atoms with Gasteiger partial charge in [0, 0.05) is 23.7 Å². The maximum Gasteiger partial charge on any atom is 0.182 e. The Morgan fingerprint density at radius 1 is 1.20 bits per heavy atom. The third-order valence-corrected chi connectivity index (χ3v) is 3.86. The number of nitrogens with zero attached hydrogens (tertiary/aromatic N) is 5. The minimum atomic E-state index is -0.802. The van der Waals surface area contributed by atoms with Gasteiger partial charge in [0.15, 0.2) is 11.0 Å². The van der Waals surface area contributed by atoms with Crippen molar-refractivity contribution in [1.29, 1.82) is 0 Å². The van der Waals surface area contributed by atoms with E-state index in [4.69, 9.17) is 11.6 Å². The highest BCUT2D eigenvalue weighted by molar-refractivity contribution is 6.29. The lowest BCUT2D eigenvalue weighted by molar-refractivity contribution is 0.575. The van der Waals surface area contributed by atoms with Crippen LogP contribution in [0.5, 0.6) is 0 Å². The molecule has 2 aromatic heterocycles. The van der Waals surface area contributed by atoms with Gasteiger partial charge in [0.05, 0.1) is 5.69 Å². The predicted octanol–water partition coefficient (Wildman–Crippen LogP) is 3.94. The summed E-state index contributed by atoms with van der Waals surface area (Å²) >= 11 is 5.71. The lowest BCUT2D eigenvalue weighted by Crippen LogP contribution is -2.07. The third-order valence-electron chi connectivity index (χ3n) is 3.60. The molecular formula is C16H11ClF3N5. The smallest absolute Gasteiger partial charge is 0.182 e. The van der Waals surface area contributed by atoms with E-state index >= 15 is 0 Å². The summed E-state index contributed by atoms with van der Waals surface area (Å²) in [4.78, 5) is 11.3. The number of allylic oxidation sites excluding steroid dienone is 1. The minimum Gasteiger partial charge on any atom is -0.238 e. The second kappa shape index (κ2) is 7.02. The Bertz CT molecular complexity index is 928. The molecule has 2 heterocycles. The summed E-state index contributed by atoms with van der Waals surface area (Å²) < 4.78 is 43.2. The van der Waals surface area contributed by atoms with Gasteiger partial charge < -0.3 is 0 Å². The summed E-state index contributed by atoms with van der Waals surface area (Å²) in [5.74, 6) is -3.03. The quantitative estimate of drug-likeness (QED) is 0.657. The molecule has 0 aliphatic heterocycles. The number of hydrogen-bond acceptors (Lipinski definition) is 4. The average molecular weight is 366 g/mol. The van der Waals surface area contributed by atoms with E-state index in [-0.39, 0.29) is 16.4 Å². The van der Waals surface area contributed by atoms with Crippen LogP contribution in [-0.2, 0) is 0 Å². The van der Waals surface area contributed by atoms with Crippen molar-refractivity contribution < 1.29 is 13.2 Å². The van der Waals surface area contributed by atoms with Crippen molar-refractivity contribution in [3.63, 3.8) is 0 Å². The molecule has 0 amide bonds. The maximum absolute atomic E-state index is 14.3. The number of hydrogen-bond donors (Lipinski definition) is 0. The van der Waals surface area contributed by atoms with Crippen LogP contribution in [0.25, 0.3) is 11.8 Å². The molecule has 0 saturated heterocycles. The van der Waals surface area contributed by atoms with Gasteiger partial charge in [-0.2, -0.15) is 5.10 Å². The Hall–Kier alpha value is -2.74. The van der Waals surface area contributed by atoms with Crippen LogP contribution in [0, 0.1) is 17.5 Å². The molecule has 9 heteroatoms. The zero-order valence-corrected chi connectivity index (χ0v) is 13.6. The lowest BCUT2D eigenvalue weighted by atomic mass is 9.91. The van der Waals surface area contributed by atoms with E-state index < -0.39 is 23.4 Å². The van der Waals surface area contributed by atoms with Gasteiger partial charge in [-0.3, -0.25) is 0 Å². The molecule has 5 nitrogen and oxygen atoms in total. The Balaban J connectivity index is 2.16.